The molecule has 0 radical (unpaired) electrons. The molecule has 5 nitrogen and oxygen atoms in total. The zero-order valence-corrected chi connectivity index (χ0v) is 10.9. The molecule has 1 aromatic heterocycles. The van der Waals surface area contributed by atoms with Crippen molar-refractivity contribution in [3.8, 4) is 0 Å². The average Bonchev–Trinajstić information content (AvgIpc) is 3.10. The second kappa shape index (κ2) is 3.98. The number of carboxylic acids is 1. The maximum atomic E-state index is 10.9. The molecular formula is C14H16N2O3. The molecule has 5 heteroatoms. The normalized spacial score (nSPS) is 15.7. The van der Waals surface area contributed by atoms with E-state index >= 15 is 0 Å². The van der Waals surface area contributed by atoms with Crippen molar-refractivity contribution < 1.29 is 14.3 Å². The van der Waals surface area contributed by atoms with Crippen molar-refractivity contribution >= 4 is 23.1 Å². The summed E-state index contributed by atoms with van der Waals surface area (Å²) in [6, 6.07) is 5.15. The van der Waals surface area contributed by atoms with Gasteiger partial charge in [-0.3, -0.25) is 0 Å². The number of fused-ring (bicyclic) bond motifs is 1. The van der Waals surface area contributed by atoms with Crippen molar-refractivity contribution in [3.63, 3.8) is 0 Å². The number of benzene rings is 1. The van der Waals surface area contributed by atoms with Crippen molar-refractivity contribution in [2.75, 3.05) is 5.32 Å². The zero-order chi connectivity index (χ0) is 13.6. The Bertz CT molecular complexity index is 641. The van der Waals surface area contributed by atoms with Gasteiger partial charge in [-0.2, -0.15) is 4.98 Å². The fourth-order valence-corrected chi connectivity index (χ4v) is 2.29. The highest BCUT2D eigenvalue weighted by atomic mass is 16.4. The van der Waals surface area contributed by atoms with Crippen LogP contribution in [0.2, 0.25) is 0 Å². The molecule has 1 fully saturated rings. The van der Waals surface area contributed by atoms with Crippen LogP contribution in [-0.4, -0.2) is 21.6 Å². The number of oxazole rings is 1. The summed E-state index contributed by atoms with van der Waals surface area (Å²) in [7, 11) is 0. The highest BCUT2D eigenvalue weighted by Crippen LogP contribution is 2.41. The van der Waals surface area contributed by atoms with Crippen LogP contribution in [0.5, 0.6) is 0 Å². The maximum Gasteiger partial charge on any atom is 0.335 e. The number of rotatable bonds is 4. The molecule has 0 saturated heterocycles. The lowest BCUT2D eigenvalue weighted by Crippen LogP contribution is -2.33. The molecule has 0 unspecified atom stereocenters. The van der Waals surface area contributed by atoms with Crippen LogP contribution in [0.15, 0.2) is 22.6 Å². The number of anilines is 1. The molecule has 0 spiro atoms. The molecule has 0 aliphatic heterocycles. The fraction of sp³-hybridized carbons (Fsp3) is 0.429. The van der Waals surface area contributed by atoms with Crippen molar-refractivity contribution in [2.24, 2.45) is 5.92 Å². The van der Waals surface area contributed by atoms with E-state index in [-0.39, 0.29) is 11.1 Å². The third kappa shape index (κ3) is 2.28. The molecule has 2 aromatic rings. The first kappa shape index (κ1) is 12.0. The highest BCUT2D eigenvalue weighted by Gasteiger charge is 2.38. The Morgan fingerprint density at radius 3 is 2.84 bits per heavy atom. The Morgan fingerprint density at radius 1 is 1.47 bits per heavy atom. The first-order valence-electron chi connectivity index (χ1n) is 6.38. The monoisotopic (exact) mass is 260 g/mol. The molecule has 1 aliphatic carbocycles. The van der Waals surface area contributed by atoms with E-state index in [9.17, 15) is 4.79 Å². The number of aromatic carboxylic acids is 1. The standard InChI is InChI=1S/C14H16N2O3/c1-14(2,9-4-5-9)16-13-15-10-6-3-8(12(17)18)7-11(10)19-13/h3,6-7,9H,4-5H2,1-2H3,(H,15,16)(H,17,18). The predicted molar refractivity (Wildman–Crippen MR) is 71.4 cm³/mol. The van der Waals surface area contributed by atoms with Crippen molar-refractivity contribution in [2.45, 2.75) is 32.2 Å². The van der Waals surface area contributed by atoms with Gasteiger partial charge in [0.25, 0.3) is 6.01 Å². The van der Waals surface area contributed by atoms with Gasteiger partial charge in [-0.05, 0) is 50.8 Å². The topological polar surface area (TPSA) is 75.4 Å². The summed E-state index contributed by atoms with van der Waals surface area (Å²) < 4.78 is 5.59. The molecule has 1 aliphatic rings. The Kier molecular flexibility index (Phi) is 2.52. The van der Waals surface area contributed by atoms with Gasteiger partial charge in [-0.1, -0.05) is 0 Å². The molecule has 0 atom stereocenters. The average molecular weight is 260 g/mol. The Balaban J connectivity index is 1.91. The smallest absolute Gasteiger partial charge is 0.335 e. The van der Waals surface area contributed by atoms with E-state index < -0.39 is 5.97 Å². The van der Waals surface area contributed by atoms with Crippen LogP contribution >= 0.6 is 0 Å². The summed E-state index contributed by atoms with van der Waals surface area (Å²) in [4.78, 5) is 15.2. The van der Waals surface area contributed by atoms with E-state index in [0.717, 1.165) is 0 Å². The summed E-state index contributed by atoms with van der Waals surface area (Å²) in [6.45, 7) is 4.25. The molecule has 2 N–H and O–H groups in total. The number of nitrogens with one attached hydrogen (secondary N) is 1. The number of hydrogen-bond acceptors (Lipinski definition) is 4. The van der Waals surface area contributed by atoms with E-state index in [4.69, 9.17) is 9.52 Å². The molecule has 0 bridgehead atoms. The zero-order valence-electron chi connectivity index (χ0n) is 10.9. The molecule has 1 saturated carbocycles. The van der Waals surface area contributed by atoms with Crippen LogP contribution in [0.4, 0.5) is 6.01 Å². The van der Waals surface area contributed by atoms with Gasteiger partial charge >= 0.3 is 5.97 Å². The van der Waals surface area contributed by atoms with Crippen LogP contribution < -0.4 is 5.32 Å². The summed E-state index contributed by atoms with van der Waals surface area (Å²) in [5.41, 5.74) is 1.32. The largest absolute Gasteiger partial charge is 0.478 e. The van der Waals surface area contributed by atoms with Crippen molar-refractivity contribution in [3.05, 3.63) is 23.8 Å². The van der Waals surface area contributed by atoms with Gasteiger partial charge in [0.1, 0.15) is 5.52 Å². The van der Waals surface area contributed by atoms with Gasteiger partial charge in [0.15, 0.2) is 5.58 Å². The van der Waals surface area contributed by atoms with E-state index in [0.29, 0.717) is 23.0 Å². The summed E-state index contributed by atoms with van der Waals surface area (Å²) in [5.74, 6) is -0.316. The third-order valence-corrected chi connectivity index (χ3v) is 3.66. The first-order chi connectivity index (χ1) is 8.95. The van der Waals surface area contributed by atoms with Crippen molar-refractivity contribution in [1.82, 2.24) is 4.98 Å². The van der Waals surface area contributed by atoms with E-state index in [1.165, 1.54) is 25.0 Å². The lowest BCUT2D eigenvalue weighted by molar-refractivity contribution is 0.0697. The summed E-state index contributed by atoms with van der Waals surface area (Å²) in [5, 5.41) is 12.2. The quantitative estimate of drug-likeness (QED) is 0.883. The predicted octanol–water partition coefficient (Wildman–Crippen LogP) is 3.13. The van der Waals surface area contributed by atoms with Crippen LogP contribution in [0, 0.1) is 5.92 Å². The molecule has 1 heterocycles. The fourth-order valence-electron chi connectivity index (χ4n) is 2.29. The van der Waals surface area contributed by atoms with E-state index in [1.807, 2.05) is 0 Å². The Morgan fingerprint density at radius 2 is 2.21 bits per heavy atom. The van der Waals surface area contributed by atoms with Crippen LogP contribution in [0.1, 0.15) is 37.0 Å². The summed E-state index contributed by atoms with van der Waals surface area (Å²) in [6.07, 6.45) is 2.45. The van der Waals surface area contributed by atoms with E-state index in [1.54, 1.807) is 6.07 Å². The summed E-state index contributed by atoms with van der Waals surface area (Å²) >= 11 is 0. The SMILES string of the molecule is CC(C)(Nc1nc2ccc(C(=O)O)cc2o1)C1CC1. The molecular weight excluding hydrogens is 244 g/mol. The number of carboxylic acid groups (broad SMARTS) is 1. The van der Waals surface area contributed by atoms with Gasteiger partial charge in [0.2, 0.25) is 0 Å². The minimum Gasteiger partial charge on any atom is -0.478 e. The van der Waals surface area contributed by atoms with Gasteiger partial charge < -0.3 is 14.8 Å². The Hall–Kier alpha value is -2.04. The Labute approximate surface area is 110 Å². The molecule has 19 heavy (non-hydrogen) atoms. The number of hydrogen-bond donors (Lipinski definition) is 2. The van der Waals surface area contributed by atoms with Crippen LogP contribution in [0.3, 0.4) is 0 Å². The molecule has 100 valence electrons. The molecule has 3 rings (SSSR count). The van der Waals surface area contributed by atoms with Crippen molar-refractivity contribution in [1.29, 1.82) is 0 Å². The number of aromatic nitrogens is 1. The molecule has 1 aromatic carbocycles. The minimum absolute atomic E-state index is 0.0451. The van der Waals surface area contributed by atoms with Crippen LogP contribution in [0.25, 0.3) is 11.1 Å². The number of carbonyl (C=O) groups is 1. The van der Waals surface area contributed by atoms with Gasteiger partial charge in [-0.15, -0.1) is 0 Å². The maximum absolute atomic E-state index is 10.9. The minimum atomic E-state index is -0.967. The van der Waals surface area contributed by atoms with Gasteiger partial charge in [0.05, 0.1) is 5.56 Å². The van der Waals surface area contributed by atoms with Gasteiger partial charge in [0, 0.05) is 5.54 Å². The number of nitrogens with zero attached hydrogens (tertiary/aromatic N) is 1. The second-order valence-corrected chi connectivity index (χ2v) is 5.63. The van der Waals surface area contributed by atoms with Gasteiger partial charge in [-0.25, -0.2) is 4.79 Å². The lowest BCUT2D eigenvalue weighted by atomic mass is 9.99. The highest BCUT2D eigenvalue weighted by molar-refractivity contribution is 5.92. The second-order valence-electron chi connectivity index (χ2n) is 5.63. The molecule has 0 amide bonds. The van der Waals surface area contributed by atoms with E-state index in [2.05, 4.69) is 24.1 Å². The lowest BCUT2D eigenvalue weighted by Gasteiger charge is -2.24. The van der Waals surface area contributed by atoms with Crippen LogP contribution in [-0.2, 0) is 0 Å². The third-order valence-electron chi connectivity index (χ3n) is 3.66. The first-order valence-corrected chi connectivity index (χ1v) is 6.38.